The molecule has 1 aromatic carbocycles. The highest BCUT2D eigenvalue weighted by Gasteiger charge is 2.31. The molecule has 0 aliphatic heterocycles. The maximum absolute atomic E-state index is 12.1. The van der Waals surface area contributed by atoms with Gasteiger partial charge in [0.25, 0.3) is 0 Å². The highest BCUT2D eigenvalue weighted by Crippen LogP contribution is 2.65. The Morgan fingerprint density at radius 1 is 1.32 bits per heavy atom. The zero-order chi connectivity index (χ0) is 14.3. The lowest BCUT2D eigenvalue weighted by atomic mass is 10.1. The predicted octanol–water partition coefficient (Wildman–Crippen LogP) is 3.54. The van der Waals surface area contributed by atoms with Gasteiger partial charge in [0, 0.05) is 14.2 Å². The molecule has 0 aliphatic rings. The van der Waals surface area contributed by atoms with Gasteiger partial charge in [0.1, 0.15) is 5.25 Å². The van der Waals surface area contributed by atoms with E-state index in [-0.39, 0.29) is 5.97 Å². The van der Waals surface area contributed by atoms with Gasteiger partial charge in [-0.15, -0.1) is 0 Å². The van der Waals surface area contributed by atoms with Crippen LogP contribution in [0.3, 0.4) is 0 Å². The van der Waals surface area contributed by atoms with Crippen molar-refractivity contribution in [2.75, 3.05) is 20.8 Å². The van der Waals surface area contributed by atoms with Crippen LogP contribution in [-0.2, 0) is 30.4 Å². The van der Waals surface area contributed by atoms with Crippen LogP contribution in [0.4, 0.5) is 0 Å². The summed E-state index contributed by atoms with van der Waals surface area (Å²) in [5.41, 5.74) is -1.70. The molecule has 1 atom stereocenters. The summed E-state index contributed by atoms with van der Waals surface area (Å²) in [5.74, 6) is -0.331. The molecule has 0 saturated heterocycles. The van der Waals surface area contributed by atoms with Crippen LogP contribution in [0.5, 0.6) is 0 Å². The lowest BCUT2D eigenvalue weighted by Crippen LogP contribution is -2.13. The van der Waals surface area contributed by atoms with E-state index in [0.29, 0.717) is 6.61 Å². The molecule has 7 heteroatoms. The van der Waals surface area contributed by atoms with Crippen molar-refractivity contribution >= 4 is 34.9 Å². The van der Waals surface area contributed by atoms with Crippen LogP contribution in [0.2, 0.25) is 0 Å². The molecule has 106 valence electrons. The molecular formula is C12H17O4PS2. The lowest BCUT2D eigenvalue weighted by Gasteiger charge is -2.22. The number of carbonyl (C=O) groups excluding carboxylic acids is 1. The van der Waals surface area contributed by atoms with E-state index in [1.165, 1.54) is 25.6 Å². The Morgan fingerprint density at radius 3 is 2.37 bits per heavy atom. The molecule has 0 N–H and O–H groups in total. The summed E-state index contributed by atoms with van der Waals surface area (Å²) in [6.45, 7) is 2.10. The minimum Gasteiger partial charge on any atom is -0.465 e. The van der Waals surface area contributed by atoms with Crippen LogP contribution in [0.25, 0.3) is 0 Å². The Hall–Kier alpha value is -0.390. The van der Waals surface area contributed by atoms with E-state index in [9.17, 15) is 4.79 Å². The lowest BCUT2D eigenvalue weighted by molar-refractivity contribution is -0.142. The summed E-state index contributed by atoms with van der Waals surface area (Å²) in [6, 6.07) is 9.34. The van der Waals surface area contributed by atoms with E-state index >= 15 is 0 Å². The SMILES string of the molecule is CCOC(=O)[C@@H](SP(=S)(OC)OC)c1ccccc1. The first-order valence-electron chi connectivity index (χ1n) is 5.67. The maximum Gasteiger partial charge on any atom is 0.324 e. The van der Waals surface area contributed by atoms with Crippen LogP contribution in [-0.4, -0.2) is 26.8 Å². The first-order chi connectivity index (χ1) is 9.06. The van der Waals surface area contributed by atoms with E-state index in [4.69, 9.17) is 25.6 Å². The zero-order valence-corrected chi connectivity index (χ0v) is 13.6. The third-order valence-electron chi connectivity index (χ3n) is 2.28. The highest BCUT2D eigenvalue weighted by molar-refractivity contribution is 8.68. The van der Waals surface area contributed by atoms with Crippen molar-refractivity contribution in [3.8, 4) is 0 Å². The molecule has 0 amide bonds. The summed E-state index contributed by atoms with van der Waals surface area (Å²) in [7, 11) is 2.98. The van der Waals surface area contributed by atoms with Crippen LogP contribution in [0.15, 0.2) is 30.3 Å². The monoisotopic (exact) mass is 320 g/mol. The van der Waals surface area contributed by atoms with Crippen LogP contribution < -0.4 is 0 Å². The summed E-state index contributed by atoms with van der Waals surface area (Å²) >= 11 is 6.51. The molecule has 0 bridgehead atoms. The Kier molecular flexibility index (Phi) is 7.04. The third-order valence-corrected chi connectivity index (χ3v) is 8.08. The first kappa shape index (κ1) is 16.7. The summed E-state index contributed by atoms with van der Waals surface area (Å²) in [4.78, 5) is 12.1. The number of esters is 1. The third kappa shape index (κ3) is 4.89. The molecule has 1 aromatic rings. The van der Waals surface area contributed by atoms with E-state index in [1.807, 2.05) is 30.3 Å². The number of carbonyl (C=O) groups is 1. The molecule has 0 aromatic heterocycles. The van der Waals surface area contributed by atoms with Gasteiger partial charge in [0.05, 0.1) is 6.61 Å². The average Bonchev–Trinajstić information content (AvgIpc) is 2.45. The molecule has 4 nitrogen and oxygen atoms in total. The number of hydrogen-bond donors (Lipinski definition) is 0. The normalized spacial score (nSPS) is 13.0. The minimum absolute atomic E-state index is 0.325. The zero-order valence-electron chi connectivity index (χ0n) is 11.1. The molecule has 1 rings (SSSR count). The van der Waals surface area contributed by atoms with Gasteiger partial charge in [-0.25, -0.2) is 0 Å². The van der Waals surface area contributed by atoms with Gasteiger partial charge < -0.3 is 13.8 Å². The molecule has 0 radical (unpaired) electrons. The fraction of sp³-hybridized carbons (Fsp3) is 0.417. The van der Waals surface area contributed by atoms with Crippen LogP contribution in [0.1, 0.15) is 17.7 Å². The van der Waals surface area contributed by atoms with Crippen molar-refractivity contribution in [2.45, 2.75) is 12.2 Å². The van der Waals surface area contributed by atoms with Crippen molar-refractivity contribution in [2.24, 2.45) is 0 Å². The second-order valence-corrected chi connectivity index (χ2v) is 9.98. The van der Waals surface area contributed by atoms with E-state index < -0.39 is 10.9 Å². The van der Waals surface area contributed by atoms with Gasteiger partial charge in [-0.3, -0.25) is 4.79 Å². The number of benzene rings is 1. The second-order valence-electron chi connectivity index (χ2n) is 3.46. The van der Waals surface area contributed by atoms with Gasteiger partial charge in [0.15, 0.2) is 0 Å². The molecule has 0 unspecified atom stereocenters. The van der Waals surface area contributed by atoms with E-state index in [1.54, 1.807) is 6.92 Å². The highest BCUT2D eigenvalue weighted by atomic mass is 32.9. The average molecular weight is 320 g/mol. The van der Waals surface area contributed by atoms with Crippen LogP contribution >= 0.6 is 17.1 Å². The predicted molar refractivity (Wildman–Crippen MR) is 81.7 cm³/mol. The molecule has 0 aliphatic carbocycles. The molecule has 0 saturated carbocycles. The Morgan fingerprint density at radius 2 is 1.89 bits per heavy atom. The molecule has 0 spiro atoms. The van der Waals surface area contributed by atoms with Crippen molar-refractivity contribution in [3.63, 3.8) is 0 Å². The van der Waals surface area contributed by atoms with Gasteiger partial charge in [-0.05, 0) is 24.3 Å². The van der Waals surface area contributed by atoms with Crippen molar-refractivity contribution in [1.29, 1.82) is 0 Å². The fourth-order valence-corrected chi connectivity index (χ4v) is 5.08. The molecule has 19 heavy (non-hydrogen) atoms. The summed E-state index contributed by atoms with van der Waals surface area (Å²) in [5, 5.41) is -0.535. The minimum atomic E-state index is -2.53. The van der Waals surface area contributed by atoms with E-state index in [0.717, 1.165) is 5.56 Å². The molecule has 0 fully saturated rings. The maximum atomic E-state index is 12.1. The first-order valence-corrected chi connectivity index (χ1v) is 9.80. The van der Waals surface area contributed by atoms with Gasteiger partial charge >= 0.3 is 5.97 Å². The standard InChI is InChI=1S/C12H17O4PS2/c1-4-16-12(13)11(10-8-6-5-7-9-10)19-17(18,14-2)15-3/h5-9,11H,4H2,1-3H3/t11-/m0/s1. The largest absolute Gasteiger partial charge is 0.465 e. The van der Waals surface area contributed by atoms with Gasteiger partial charge in [-0.1, -0.05) is 41.7 Å². The number of ether oxygens (including phenoxy) is 1. The Labute approximate surface area is 122 Å². The van der Waals surface area contributed by atoms with Crippen molar-refractivity contribution in [1.82, 2.24) is 0 Å². The van der Waals surface area contributed by atoms with Crippen molar-refractivity contribution in [3.05, 3.63) is 35.9 Å². The van der Waals surface area contributed by atoms with Crippen molar-refractivity contribution < 1.29 is 18.6 Å². The molecule has 0 heterocycles. The smallest absolute Gasteiger partial charge is 0.324 e. The van der Waals surface area contributed by atoms with Gasteiger partial charge in [-0.2, -0.15) is 0 Å². The van der Waals surface area contributed by atoms with Crippen LogP contribution in [0, 0.1) is 0 Å². The second kappa shape index (κ2) is 8.02. The van der Waals surface area contributed by atoms with Gasteiger partial charge in [0.2, 0.25) is 5.69 Å². The molecular weight excluding hydrogens is 303 g/mol. The summed E-state index contributed by atoms with van der Waals surface area (Å²) < 4.78 is 15.5. The topological polar surface area (TPSA) is 44.8 Å². The van der Waals surface area contributed by atoms with E-state index in [2.05, 4.69) is 0 Å². The Balaban J connectivity index is 3.00. The summed E-state index contributed by atoms with van der Waals surface area (Å²) in [6.07, 6.45) is 0. The number of rotatable bonds is 7. The number of hydrogen-bond acceptors (Lipinski definition) is 6. The quantitative estimate of drug-likeness (QED) is 0.565. The fourth-order valence-electron chi connectivity index (χ4n) is 1.38. The Bertz CT molecular complexity index is 444.